The number of carbonyl (C=O) groups excluding carboxylic acids is 4. The number of ether oxygens (including phenoxy) is 10. The normalized spacial score (nSPS) is 40.8. The summed E-state index contributed by atoms with van der Waals surface area (Å²) in [5, 5.41) is 234. The van der Waals surface area contributed by atoms with Gasteiger partial charge in [0, 0.05) is 33.6 Å². The van der Waals surface area contributed by atoms with Crippen molar-refractivity contribution in [3.8, 4) is 0 Å². The highest BCUT2D eigenvalue weighted by molar-refractivity contribution is 5.77. The van der Waals surface area contributed by atoms with E-state index in [0.29, 0.717) is 0 Å². The van der Waals surface area contributed by atoms with Crippen molar-refractivity contribution in [1.82, 2.24) is 16.0 Å². The fraction of sp³-hybridized carbons (Fsp3) is 0.875. The molecule has 5 saturated heterocycles. The van der Waals surface area contributed by atoms with Crippen LogP contribution in [0.1, 0.15) is 33.6 Å². The molecule has 31 atom stereocenters. The zero-order valence-corrected chi connectivity index (χ0v) is 46.9. The van der Waals surface area contributed by atoms with E-state index >= 15 is 0 Å². The van der Waals surface area contributed by atoms with E-state index in [4.69, 9.17) is 47.4 Å². The molecule has 3 amide bonds. The van der Waals surface area contributed by atoms with E-state index < -0.39 is 271 Å². The summed E-state index contributed by atoms with van der Waals surface area (Å²) in [6.07, 6.45) is -62.1. The second-order valence-corrected chi connectivity index (χ2v) is 21.5. The summed E-state index contributed by atoms with van der Waals surface area (Å²) < 4.78 is 57.3. The molecule has 0 bridgehead atoms. The van der Waals surface area contributed by atoms with Gasteiger partial charge in [0.15, 0.2) is 25.2 Å². The van der Waals surface area contributed by atoms with Gasteiger partial charge in [0.2, 0.25) is 17.7 Å². The van der Waals surface area contributed by atoms with E-state index in [1.807, 2.05) is 0 Å². The van der Waals surface area contributed by atoms with Crippen LogP contribution < -0.4 is 16.0 Å². The number of hydrogen-bond acceptors (Lipinski definition) is 35. The number of carboxylic acid groups (broad SMARTS) is 2. The van der Waals surface area contributed by atoms with Crippen molar-refractivity contribution in [3.05, 3.63) is 0 Å². The van der Waals surface area contributed by atoms with Crippen LogP contribution in [0.5, 0.6) is 0 Å². The fourth-order valence-corrected chi connectivity index (χ4v) is 10.6. The van der Waals surface area contributed by atoms with E-state index in [-0.39, 0.29) is 6.29 Å². The van der Waals surface area contributed by atoms with Crippen LogP contribution in [0.2, 0.25) is 0 Å². The second-order valence-electron chi connectivity index (χ2n) is 21.5. The molecule has 88 heavy (non-hydrogen) atoms. The van der Waals surface area contributed by atoms with E-state index in [1.54, 1.807) is 0 Å². The minimum Gasteiger partial charge on any atom is -0.477 e. The molecule has 5 rings (SSSR count). The van der Waals surface area contributed by atoms with Gasteiger partial charge in [0.1, 0.15) is 134 Å². The van der Waals surface area contributed by atoms with Gasteiger partial charge in [0.25, 0.3) is 11.6 Å². The lowest BCUT2D eigenvalue weighted by Gasteiger charge is -2.51. The lowest BCUT2D eigenvalue weighted by atomic mass is 9.88. The van der Waals surface area contributed by atoms with Gasteiger partial charge in [-0.3, -0.25) is 14.4 Å². The molecule has 40 heteroatoms. The minimum absolute atomic E-state index is 0.243. The van der Waals surface area contributed by atoms with Gasteiger partial charge < -0.3 is 175 Å². The number of aldehydes is 1. The maximum Gasteiger partial charge on any atom is 0.364 e. The standard InChI is InChI=1S/C48H79N3O37/c1-13(58)49-25-16(61)4-47(45(75)76,86-38(25)29(68)19(64)7-53)79-12-24-33(72)40(34(73)43(82-24)83-36(21(66)9-55)28(67)18(63)6-52)85-42-27(51-15(3)60)37(31(70)22(10-56)80-42)84-44-35(74)41(32(71)23(11-57)81-44)88-48(46(77)78)5-17(62)26(50-14(2)59)39(87-48)30(69)20(65)8-54/h6,16-44,53-57,61-74H,4-5,7-12H2,1-3H3,(H,49,58)(H,50,59)(H,51,60)(H,75,76)(H,77,78)/t16-,17-,18-,19+,20+,21+,22+,23+,24+,25+,26+,27+,28+,29+,30+,31+,32-,33-,34+,35+,36+,37+,38+,39+,40-,41-,42-,43-,44-,47+,48-/m0/s1. The Hall–Kier alpha value is -4.14. The van der Waals surface area contributed by atoms with Crippen molar-refractivity contribution in [3.63, 3.8) is 0 Å². The molecule has 0 radical (unpaired) electrons. The van der Waals surface area contributed by atoms with E-state index in [2.05, 4.69) is 16.0 Å². The van der Waals surface area contributed by atoms with Crippen molar-refractivity contribution in [1.29, 1.82) is 0 Å². The number of aliphatic hydroxyl groups excluding tert-OH is 19. The number of rotatable bonds is 29. The third-order valence-electron chi connectivity index (χ3n) is 15.1. The van der Waals surface area contributed by atoms with Crippen molar-refractivity contribution < 1.29 is 183 Å². The third-order valence-corrected chi connectivity index (χ3v) is 15.1. The van der Waals surface area contributed by atoms with Crippen molar-refractivity contribution in [2.45, 2.75) is 223 Å². The average molecular weight is 1290 g/mol. The van der Waals surface area contributed by atoms with Crippen LogP contribution >= 0.6 is 0 Å². The Kier molecular flexibility index (Phi) is 27.1. The zero-order valence-electron chi connectivity index (χ0n) is 46.9. The number of carbonyl (C=O) groups is 6. The van der Waals surface area contributed by atoms with Crippen LogP contribution in [-0.2, 0) is 76.1 Å². The van der Waals surface area contributed by atoms with Crippen LogP contribution in [-0.4, -0.2) is 372 Å². The summed E-state index contributed by atoms with van der Waals surface area (Å²) in [5.74, 6) is -13.6. The van der Waals surface area contributed by atoms with Gasteiger partial charge in [-0.05, 0) is 0 Å². The Morgan fingerprint density at radius 1 is 0.534 bits per heavy atom. The van der Waals surface area contributed by atoms with Crippen LogP contribution in [0.4, 0.5) is 0 Å². The molecule has 5 fully saturated rings. The van der Waals surface area contributed by atoms with Crippen LogP contribution in [0, 0.1) is 0 Å². The van der Waals surface area contributed by atoms with Gasteiger partial charge in [-0.15, -0.1) is 0 Å². The Balaban J connectivity index is 1.56. The molecular formula is C48H79N3O37. The van der Waals surface area contributed by atoms with Crippen LogP contribution in [0.3, 0.4) is 0 Å². The topological polar surface area (TPSA) is 656 Å². The van der Waals surface area contributed by atoms with Crippen molar-refractivity contribution in [2.24, 2.45) is 0 Å². The van der Waals surface area contributed by atoms with Crippen molar-refractivity contribution >= 4 is 35.9 Å². The first-order valence-corrected chi connectivity index (χ1v) is 27.1. The molecule has 40 nitrogen and oxygen atoms in total. The molecule has 0 aliphatic carbocycles. The molecule has 0 aromatic heterocycles. The van der Waals surface area contributed by atoms with Gasteiger partial charge in [-0.25, -0.2) is 9.59 Å². The molecule has 508 valence electrons. The molecule has 24 N–H and O–H groups in total. The van der Waals surface area contributed by atoms with E-state index in [9.17, 15) is 136 Å². The summed E-state index contributed by atoms with van der Waals surface area (Å²) in [7, 11) is 0. The number of nitrogens with one attached hydrogen (secondary N) is 3. The van der Waals surface area contributed by atoms with Gasteiger partial charge in [-0.2, -0.15) is 0 Å². The highest BCUT2D eigenvalue weighted by Gasteiger charge is 2.62. The highest BCUT2D eigenvalue weighted by Crippen LogP contribution is 2.40. The minimum atomic E-state index is -3.30. The first-order chi connectivity index (χ1) is 41.2. The lowest BCUT2D eigenvalue weighted by molar-refractivity contribution is -0.388. The predicted molar refractivity (Wildman–Crippen MR) is 270 cm³/mol. The molecular weight excluding hydrogens is 1210 g/mol. The van der Waals surface area contributed by atoms with Crippen LogP contribution in [0.15, 0.2) is 0 Å². The molecule has 0 saturated carbocycles. The Bertz CT molecular complexity index is 2300. The van der Waals surface area contributed by atoms with Crippen LogP contribution in [0.25, 0.3) is 0 Å². The molecule has 5 aliphatic rings. The summed E-state index contributed by atoms with van der Waals surface area (Å²) in [5.41, 5.74) is 0. The Morgan fingerprint density at radius 2 is 0.943 bits per heavy atom. The van der Waals surface area contributed by atoms with Gasteiger partial charge in [-0.1, -0.05) is 0 Å². The summed E-state index contributed by atoms with van der Waals surface area (Å²) in [6.45, 7) is -4.75. The summed E-state index contributed by atoms with van der Waals surface area (Å²) >= 11 is 0. The quantitative estimate of drug-likeness (QED) is 0.0309. The van der Waals surface area contributed by atoms with E-state index in [1.165, 1.54) is 0 Å². The smallest absolute Gasteiger partial charge is 0.364 e. The molecule has 0 spiro atoms. The SMILES string of the molecule is CC(=O)N[C@H]1[C@H](O[C@H]2[C@@H](O)[C@@H](CO[C@]3(C(=O)O)C[C@H](O)[C@@H](NC(C)=O)[C@H]([C@H](O)[C@H](O)CO)O3)O[C@@H](O[C@@H]([C@H](O)[C@@H](O)C=O)[C@H](O)CO)[C@@H]2O)O[C@H](CO)[C@@H](O)[C@@H]1O[C@@H]1O[C@H](CO)[C@H](O)[C@H](O[C@]2(C(=O)O)C[C@H](O)[C@@H](NC(C)=O)[C@H]([C@H](O)[C@H](O)CO)O2)[C@H]1O. The number of aliphatic carboxylic acids is 2. The molecule has 0 unspecified atom stereocenters. The van der Waals surface area contributed by atoms with Crippen molar-refractivity contribution in [2.75, 3.05) is 39.6 Å². The summed E-state index contributed by atoms with van der Waals surface area (Å²) in [6, 6.07) is -5.56. The third kappa shape index (κ3) is 16.7. The number of aliphatic hydroxyl groups is 19. The second kappa shape index (κ2) is 31.9. The number of hydrogen-bond donors (Lipinski definition) is 24. The monoisotopic (exact) mass is 1290 g/mol. The fourth-order valence-electron chi connectivity index (χ4n) is 10.6. The maximum absolute atomic E-state index is 13.1. The van der Waals surface area contributed by atoms with E-state index in [0.717, 1.165) is 20.8 Å². The first kappa shape index (κ1) is 74.6. The molecule has 5 aliphatic heterocycles. The Morgan fingerprint density at radius 3 is 1.40 bits per heavy atom. The highest BCUT2D eigenvalue weighted by atomic mass is 16.8. The number of amides is 3. The number of carboxylic acids is 2. The lowest BCUT2D eigenvalue weighted by Crippen LogP contribution is -2.71. The summed E-state index contributed by atoms with van der Waals surface area (Å²) in [4.78, 5) is 75.1. The van der Waals surface area contributed by atoms with Gasteiger partial charge >= 0.3 is 11.9 Å². The predicted octanol–water partition coefficient (Wildman–Crippen LogP) is -15.4. The zero-order chi connectivity index (χ0) is 66.2. The molecule has 0 aromatic carbocycles. The molecule has 5 heterocycles. The average Bonchev–Trinajstić information content (AvgIpc) is 1.02. The largest absolute Gasteiger partial charge is 0.477 e. The molecule has 0 aromatic rings. The van der Waals surface area contributed by atoms with Gasteiger partial charge in [0.05, 0.1) is 63.9 Å². The maximum atomic E-state index is 13.1. The first-order valence-electron chi connectivity index (χ1n) is 27.1. The Labute approximate surface area is 496 Å².